The van der Waals surface area contributed by atoms with Gasteiger partial charge >= 0.3 is 0 Å². The Bertz CT molecular complexity index is 942. The molecule has 0 saturated heterocycles. The summed E-state index contributed by atoms with van der Waals surface area (Å²) in [5, 5.41) is 12.4. The number of hydrogen-bond acceptors (Lipinski definition) is 3. The Hall–Kier alpha value is -1.95. The summed E-state index contributed by atoms with van der Waals surface area (Å²) in [6.07, 6.45) is 2.74. The number of nitrogens with zero attached hydrogens (tertiary/aromatic N) is 3. The summed E-state index contributed by atoms with van der Waals surface area (Å²) in [5.41, 5.74) is 2.95. The summed E-state index contributed by atoms with van der Waals surface area (Å²) in [4.78, 5) is 0. The van der Waals surface area contributed by atoms with Crippen molar-refractivity contribution in [2.24, 2.45) is 5.10 Å². The molecule has 3 aromatic rings. The zero-order valence-electron chi connectivity index (χ0n) is 12.8. The van der Waals surface area contributed by atoms with Gasteiger partial charge in [-0.3, -0.25) is 0 Å². The fourth-order valence-electron chi connectivity index (χ4n) is 2.21. The molecule has 0 atom stereocenters. The number of aryl methyl sites for hydroxylation is 1. The second kappa shape index (κ2) is 7.30. The van der Waals surface area contributed by atoms with E-state index in [1.54, 1.807) is 24.4 Å². The van der Waals surface area contributed by atoms with Crippen molar-refractivity contribution in [1.82, 2.24) is 14.9 Å². The third kappa shape index (κ3) is 3.59. The van der Waals surface area contributed by atoms with E-state index < -0.39 is 0 Å². The number of nitrogens with one attached hydrogen (secondary N) is 1. The van der Waals surface area contributed by atoms with Gasteiger partial charge in [-0.1, -0.05) is 54.4 Å². The molecule has 1 heterocycles. The van der Waals surface area contributed by atoms with E-state index in [0.717, 1.165) is 12.0 Å². The fourth-order valence-corrected chi connectivity index (χ4v) is 2.88. The first-order chi connectivity index (χ1) is 11.6. The van der Waals surface area contributed by atoms with Crippen molar-refractivity contribution in [2.75, 3.05) is 0 Å². The van der Waals surface area contributed by atoms with Crippen LogP contribution in [0.5, 0.6) is 0 Å². The summed E-state index contributed by atoms with van der Waals surface area (Å²) < 4.78 is 1.93. The molecule has 7 heteroatoms. The van der Waals surface area contributed by atoms with Crippen LogP contribution >= 0.6 is 35.4 Å². The van der Waals surface area contributed by atoms with Gasteiger partial charge < -0.3 is 0 Å². The summed E-state index contributed by atoms with van der Waals surface area (Å²) >= 11 is 17.5. The highest BCUT2D eigenvalue weighted by atomic mass is 35.5. The Balaban J connectivity index is 1.98. The largest absolute Gasteiger partial charge is 0.250 e. The molecule has 0 unspecified atom stereocenters. The monoisotopic (exact) mass is 376 g/mol. The van der Waals surface area contributed by atoms with Crippen LogP contribution in [0.4, 0.5) is 0 Å². The van der Waals surface area contributed by atoms with Gasteiger partial charge in [0, 0.05) is 10.6 Å². The number of benzene rings is 2. The van der Waals surface area contributed by atoms with Crippen molar-refractivity contribution in [3.8, 4) is 11.4 Å². The molecule has 0 saturated carbocycles. The van der Waals surface area contributed by atoms with Crippen molar-refractivity contribution in [2.45, 2.75) is 13.3 Å². The minimum Gasteiger partial charge on any atom is -0.250 e. The SMILES string of the molecule is CCc1ccc(/C=N\n2c(-c3ccc(Cl)cc3Cl)n[nH]c2=S)cc1. The van der Waals surface area contributed by atoms with Gasteiger partial charge in [-0.05, 0) is 48.0 Å². The molecule has 3 rings (SSSR count). The lowest BCUT2D eigenvalue weighted by atomic mass is 10.1. The van der Waals surface area contributed by atoms with Crippen molar-refractivity contribution < 1.29 is 0 Å². The Morgan fingerprint density at radius 2 is 1.96 bits per heavy atom. The van der Waals surface area contributed by atoms with Crippen LogP contribution in [0.15, 0.2) is 47.6 Å². The lowest BCUT2D eigenvalue weighted by Crippen LogP contribution is -1.96. The van der Waals surface area contributed by atoms with Gasteiger partial charge in [0.2, 0.25) is 4.77 Å². The van der Waals surface area contributed by atoms with Crippen LogP contribution in [0.25, 0.3) is 11.4 Å². The topological polar surface area (TPSA) is 46.0 Å². The molecule has 0 bridgehead atoms. The summed E-state index contributed by atoms with van der Waals surface area (Å²) in [6.45, 7) is 2.12. The predicted molar refractivity (Wildman–Crippen MR) is 102 cm³/mol. The summed E-state index contributed by atoms with van der Waals surface area (Å²) in [5.74, 6) is 0.531. The minimum absolute atomic E-state index is 0.387. The van der Waals surface area contributed by atoms with Gasteiger partial charge in [-0.2, -0.15) is 14.9 Å². The molecule has 0 fully saturated rings. The molecule has 1 aromatic heterocycles. The van der Waals surface area contributed by atoms with E-state index in [2.05, 4.69) is 34.4 Å². The maximum absolute atomic E-state index is 6.26. The molecule has 24 heavy (non-hydrogen) atoms. The Labute approximate surface area is 154 Å². The molecule has 0 aliphatic heterocycles. The van der Waals surface area contributed by atoms with E-state index in [0.29, 0.717) is 26.2 Å². The van der Waals surface area contributed by atoms with Crippen molar-refractivity contribution in [3.63, 3.8) is 0 Å². The lowest BCUT2D eigenvalue weighted by Gasteiger charge is -2.04. The molecule has 0 radical (unpaired) electrons. The maximum atomic E-state index is 6.26. The molecule has 2 aromatic carbocycles. The van der Waals surface area contributed by atoms with E-state index >= 15 is 0 Å². The van der Waals surface area contributed by atoms with Crippen LogP contribution in [0.2, 0.25) is 10.0 Å². The van der Waals surface area contributed by atoms with Crippen LogP contribution in [-0.4, -0.2) is 21.1 Å². The van der Waals surface area contributed by atoms with Gasteiger partial charge in [-0.15, -0.1) is 0 Å². The second-order valence-corrected chi connectivity index (χ2v) is 6.36. The lowest BCUT2D eigenvalue weighted by molar-refractivity contribution is 0.871. The minimum atomic E-state index is 0.387. The highest BCUT2D eigenvalue weighted by Gasteiger charge is 2.12. The highest BCUT2D eigenvalue weighted by molar-refractivity contribution is 7.71. The van der Waals surface area contributed by atoms with Crippen molar-refractivity contribution >= 4 is 41.6 Å². The number of hydrogen-bond donors (Lipinski definition) is 1. The first-order valence-corrected chi connectivity index (χ1v) is 8.51. The van der Waals surface area contributed by atoms with Crippen molar-refractivity contribution in [1.29, 1.82) is 0 Å². The van der Waals surface area contributed by atoms with Crippen LogP contribution < -0.4 is 0 Å². The van der Waals surface area contributed by atoms with Crippen LogP contribution in [0, 0.1) is 4.77 Å². The molecule has 122 valence electrons. The molecule has 0 aliphatic carbocycles. The molecule has 0 amide bonds. The maximum Gasteiger partial charge on any atom is 0.216 e. The normalized spacial score (nSPS) is 11.3. The summed E-state index contributed by atoms with van der Waals surface area (Å²) in [7, 11) is 0. The number of H-pyrrole nitrogens is 1. The fraction of sp³-hybridized carbons (Fsp3) is 0.118. The average Bonchev–Trinajstić information content (AvgIpc) is 2.94. The molecular formula is C17H14Cl2N4S. The Kier molecular flexibility index (Phi) is 5.14. The smallest absolute Gasteiger partial charge is 0.216 e. The molecule has 0 spiro atoms. The quantitative estimate of drug-likeness (QED) is 0.492. The van der Waals surface area contributed by atoms with Crippen LogP contribution in [0.1, 0.15) is 18.1 Å². The van der Waals surface area contributed by atoms with Crippen molar-refractivity contribution in [3.05, 3.63) is 68.4 Å². The standard InChI is InChI=1S/C17H14Cl2N4S/c1-2-11-3-5-12(6-4-11)10-20-23-16(21-22-17(23)24)14-8-7-13(18)9-15(14)19/h3-10H,2H2,1H3,(H,22,24)/b20-10-. The number of rotatable bonds is 4. The Morgan fingerprint density at radius 3 is 2.62 bits per heavy atom. The highest BCUT2D eigenvalue weighted by Crippen LogP contribution is 2.29. The number of halogens is 2. The number of aromatic nitrogens is 3. The van der Waals surface area contributed by atoms with Gasteiger partial charge in [-0.25, -0.2) is 5.10 Å². The van der Waals surface area contributed by atoms with Gasteiger partial charge in [0.05, 0.1) is 11.2 Å². The molecule has 1 N–H and O–H groups in total. The zero-order valence-corrected chi connectivity index (χ0v) is 15.2. The van der Waals surface area contributed by atoms with E-state index in [1.807, 2.05) is 12.1 Å². The average molecular weight is 377 g/mol. The van der Waals surface area contributed by atoms with Crippen LogP contribution in [-0.2, 0) is 6.42 Å². The number of aromatic amines is 1. The van der Waals surface area contributed by atoms with E-state index in [9.17, 15) is 0 Å². The summed E-state index contributed by atoms with van der Waals surface area (Å²) in [6, 6.07) is 13.4. The predicted octanol–water partition coefficient (Wildman–Crippen LogP) is 5.36. The van der Waals surface area contributed by atoms with E-state index in [1.165, 1.54) is 10.2 Å². The third-order valence-electron chi connectivity index (χ3n) is 3.53. The second-order valence-electron chi connectivity index (χ2n) is 5.13. The first-order valence-electron chi connectivity index (χ1n) is 7.34. The van der Waals surface area contributed by atoms with E-state index in [4.69, 9.17) is 35.4 Å². The van der Waals surface area contributed by atoms with Gasteiger partial charge in [0.15, 0.2) is 5.82 Å². The molecular weight excluding hydrogens is 363 g/mol. The Morgan fingerprint density at radius 1 is 1.21 bits per heavy atom. The third-order valence-corrected chi connectivity index (χ3v) is 4.34. The zero-order chi connectivity index (χ0) is 17.1. The first kappa shape index (κ1) is 16.9. The molecule has 4 nitrogen and oxygen atoms in total. The van der Waals surface area contributed by atoms with Gasteiger partial charge in [0.1, 0.15) is 0 Å². The van der Waals surface area contributed by atoms with E-state index in [-0.39, 0.29) is 0 Å². The molecule has 0 aliphatic rings. The van der Waals surface area contributed by atoms with Gasteiger partial charge in [0.25, 0.3) is 0 Å². The van der Waals surface area contributed by atoms with Crippen LogP contribution in [0.3, 0.4) is 0 Å².